The van der Waals surface area contributed by atoms with Crippen molar-refractivity contribution in [2.45, 2.75) is 54.9 Å². The van der Waals surface area contributed by atoms with E-state index in [2.05, 4.69) is 23.5 Å². The summed E-state index contributed by atoms with van der Waals surface area (Å²) in [4.78, 5) is 14.7. The molecule has 3 nitrogen and oxygen atoms in total. The minimum absolute atomic E-state index is 0.264. The third-order valence-corrected chi connectivity index (χ3v) is 6.06. The van der Waals surface area contributed by atoms with Crippen molar-refractivity contribution in [3.8, 4) is 0 Å². The maximum Gasteiger partial charge on any atom is 0.345 e. The molecule has 1 N–H and O–H groups in total. The maximum absolute atomic E-state index is 12.6. The molecular weight excluding hydrogens is 342 g/mol. The molecule has 0 bridgehead atoms. The number of hydrogen-bond acceptors (Lipinski definition) is 4. The first-order chi connectivity index (χ1) is 12.7. The van der Waals surface area contributed by atoms with Crippen LogP contribution in [-0.2, 0) is 0 Å². The van der Waals surface area contributed by atoms with Crippen molar-refractivity contribution < 1.29 is 4.42 Å². The normalized spacial score (nSPS) is 15.3. The van der Waals surface area contributed by atoms with E-state index in [1.807, 2.05) is 37.3 Å². The molecule has 4 rings (SSSR count). The highest BCUT2D eigenvalue weighted by Gasteiger charge is 2.20. The molecule has 4 heteroatoms. The molecule has 1 aromatic heterocycles. The smallest absolute Gasteiger partial charge is 0.345 e. The number of fused-ring (bicyclic) bond motifs is 1. The number of hydrogen-bond donors (Lipinski definition) is 1. The molecule has 3 aromatic rings. The Morgan fingerprint density at radius 1 is 1.00 bits per heavy atom. The Morgan fingerprint density at radius 2 is 1.77 bits per heavy atom. The van der Waals surface area contributed by atoms with E-state index < -0.39 is 0 Å². The predicted octanol–water partition coefficient (Wildman–Crippen LogP) is 6.00. The molecule has 134 valence electrons. The van der Waals surface area contributed by atoms with Crippen LogP contribution in [-0.4, -0.2) is 6.04 Å². The first kappa shape index (κ1) is 17.2. The van der Waals surface area contributed by atoms with E-state index in [9.17, 15) is 4.79 Å². The minimum atomic E-state index is -0.264. The van der Waals surface area contributed by atoms with Crippen LogP contribution in [0, 0.1) is 6.92 Å². The van der Waals surface area contributed by atoms with E-state index >= 15 is 0 Å². The number of benzene rings is 2. The molecule has 1 saturated carbocycles. The summed E-state index contributed by atoms with van der Waals surface area (Å²) in [6.07, 6.45) is 6.02. The van der Waals surface area contributed by atoms with Gasteiger partial charge in [-0.2, -0.15) is 0 Å². The highest BCUT2D eigenvalue weighted by atomic mass is 32.2. The zero-order valence-corrected chi connectivity index (χ0v) is 15.8. The van der Waals surface area contributed by atoms with Gasteiger partial charge in [-0.3, -0.25) is 0 Å². The molecule has 0 saturated heterocycles. The lowest BCUT2D eigenvalue weighted by molar-refractivity contribution is 0.441. The molecule has 0 radical (unpaired) electrons. The fourth-order valence-corrected chi connectivity index (χ4v) is 4.59. The summed E-state index contributed by atoms with van der Waals surface area (Å²) < 4.78 is 5.76. The van der Waals surface area contributed by atoms with Gasteiger partial charge in [-0.15, -0.1) is 0 Å². The average molecular weight is 365 g/mol. The Kier molecular flexibility index (Phi) is 5.02. The van der Waals surface area contributed by atoms with Crippen molar-refractivity contribution in [1.82, 2.24) is 0 Å². The third kappa shape index (κ3) is 3.65. The van der Waals surface area contributed by atoms with Gasteiger partial charge in [0.1, 0.15) is 0 Å². The van der Waals surface area contributed by atoms with E-state index in [1.165, 1.54) is 19.3 Å². The summed E-state index contributed by atoms with van der Waals surface area (Å²) in [6, 6.07) is 16.6. The molecule has 0 spiro atoms. The highest BCUT2D eigenvalue weighted by Crippen LogP contribution is 2.39. The van der Waals surface area contributed by atoms with Gasteiger partial charge in [-0.1, -0.05) is 66.9 Å². The lowest BCUT2D eigenvalue weighted by atomic mass is 9.95. The molecule has 0 amide bonds. The molecule has 1 aliphatic rings. The van der Waals surface area contributed by atoms with E-state index in [-0.39, 0.29) is 5.63 Å². The van der Waals surface area contributed by atoms with E-state index in [4.69, 9.17) is 4.42 Å². The van der Waals surface area contributed by atoms with Gasteiger partial charge in [-0.05, 0) is 38.0 Å². The standard InChI is InChI=1S/C22H23NO2S/c1-15-12-13-18-19(14-15)22(24)25-21(23-16-8-4-2-5-9-16)20(18)26-17-10-6-3-7-11-17/h3,6-7,10-14,16,23H,2,4-5,8-9H2,1H3. The van der Waals surface area contributed by atoms with Crippen LogP contribution >= 0.6 is 11.8 Å². The van der Waals surface area contributed by atoms with Crippen molar-refractivity contribution in [2.75, 3.05) is 5.32 Å². The van der Waals surface area contributed by atoms with Gasteiger partial charge in [0.05, 0.1) is 10.3 Å². The maximum atomic E-state index is 12.6. The molecule has 26 heavy (non-hydrogen) atoms. The Bertz CT molecular complexity index is 959. The van der Waals surface area contributed by atoms with Gasteiger partial charge in [0.15, 0.2) is 0 Å². The largest absolute Gasteiger partial charge is 0.405 e. The second-order valence-corrected chi connectivity index (χ2v) is 8.07. The van der Waals surface area contributed by atoms with Gasteiger partial charge in [0.25, 0.3) is 0 Å². The van der Waals surface area contributed by atoms with Crippen molar-refractivity contribution in [3.05, 3.63) is 64.5 Å². The molecule has 2 aromatic carbocycles. The van der Waals surface area contributed by atoms with E-state index in [0.717, 1.165) is 33.6 Å². The van der Waals surface area contributed by atoms with Crippen molar-refractivity contribution >= 4 is 28.4 Å². The quantitative estimate of drug-likeness (QED) is 0.616. The predicted molar refractivity (Wildman–Crippen MR) is 108 cm³/mol. The Balaban J connectivity index is 1.81. The fourth-order valence-electron chi connectivity index (χ4n) is 3.58. The van der Waals surface area contributed by atoms with Crippen molar-refractivity contribution in [2.24, 2.45) is 0 Å². The lowest BCUT2D eigenvalue weighted by Crippen LogP contribution is -2.23. The summed E-state index contributed by atoms with van der Waals surface area (Å²) in [6.45, 7) is 2.00. The Hall–Kier alpha value is -2.20. The van der Waals surface area contributed by atoms with Crippen LogP contribution in [0.25, 0.3) is 10.8 Å². The lowest BCUT2D eigenvalue weighted by Gasteiger charge is -2.24. The Morgan fingerprint density at radius 3 is 2.54 bits per heavy atom. The minimum Gasteiger partial charge on any atom is -0.405 e. The monoisotopic (exact) mass is 365 g/mol. The molecule has 1 fully saturated rings. The first-order valence-electron chi connectivity index (χ1n) is 9.27. The van der Waals surface area contributed by atoms with Gasteiger partial charge in [0.2, 0.25) is 5.88 Å². The van der Waals surface area contributed by atoms with E-state index in [1.54, 1.807) is 11.8 Å². The van der Waals surface area contributed by atoms with E-state index in [0.29, 0.717) is 17.3 Å². The molecule has 0 atom stereocenters. The third-order valence-electron chi connectivity index (χ3n) is 4.94. The molecule has 1 aliphatic carbocycles. The summed E-state index contributed by atoms with van der Waals surface area (Å²) >= 11 is 1.65. The van der Waals surface area contributed by atoms with Crippen LogP contribution in [0.15, 0.2) is 67.5 Å². The van der Waals surface area contributed by atoms with Crippen LogP contribution in [0.1, 0.15) is 37.7 Å². The van der Waals surface area contributed by atoms with Crippen LogP contribution in [0.3, 0.4) is 0 Å². The van der Waals surface area contributed by atoms with Gasteiger partial charge >= 0.3 is 5.63 Å². The Labute approximate surface area is 157 Å². The fraction of sp³-hybridized carbons (Fsp3) is 0.318. The topological polar surface area (TPSA) is 42.2 Å². The molecular formula is C22H23NO2S. The van der Waals surface area contributed by atoms with Crippen LogP contribution < -0.4 is 10.9 Å². The van der Waals surface area contributed by atoms with Gasteiger partial charge < -0.3 is 9.73 Å². The zero-order valence-electron chi connectivity index (χ0n) is 15.0. The summed E-state index contributed by atoms with van der Waals surface area (Å²) in [5, 5.41) is 5.14. The molecule has 1 heterocycles. The zero-order chi connectivity index (χ0) is 17.9. The number of anilines is 1. The van der Waals surface area contributed by atoms with Crippen molar-refractivity contribution in [1.29, 1.82) is 0 Å². The molecule has 0 aliphatic heterocycles. The number of nitrogens with one attached hydrogen (secondary N) is 1. The first-order valence-corrected chi connectivity index (χ1v) is 10.1. The van der Waals surface area contributed by atoms with Crippen molar-refractivity contribution in [3.63, 3.8) is 0 Å². The summed E-state index contributed by atoms with van der Waals surface area (Å²) in [5.41, 5.74) is 0.799. The SMILES string of the molecule is Cc1ccc2c(Sc3ccccc3)c(NC3CCCCC3)oc(=O)c2c1. The summed E-state index contributed by atoms with van der Waals surface area (Å²) in [7, 11) is 0. The second-order valence-electron chi connectivity index (χ2n) is 6.99. The van der Waals surface area contributed by atoms with Gasteiger partial charge in [-0.25, -0.2) is 4.79 Å². The average Bonchev–Trinajstić information content (AvgIpc) is 2.67. The molecule has 0 unspecified atom stereocenters. The number of rotatable bonds is 4. The number of aryl methyl sites for hydroxylation is 1. The van der Waals surface area contributed by atoms with Crippen LogP contribution in [0.5, 0.6) is 0 Å². The second kappa shape index (κ2) is 7.58. The van der Waals surface area contributed by atoms with Gasteiger partial charge in [0, 0.05) is 16.3 Å². The van der Waals surface area contributed by atoms with Crippen LogP contribution in [0.4, 0.5) is 5.88 Å². The summed E-state index contributed by atoms with van der Waals surface area (Å²) in [5.74, 6) is 0.618. The van der Waals surface area contributed by atoms with Crippen LogP contribution in [0.2, 0.25) is 0 Å². The highest BCUT2D eigenvalue weighted by molar-refractivity contribution is 7.99.